The highest BCUT2D eigenvalue weighted by molar-refractivity contribution is 6.33. The smallest absolute Gasteiger partial charge is 0.301 e. The Morgan fingerprint density at radius 2 is 2.07 bits per heavy atom. The van der Waals surface area contributed by atoms with Crippen molar-refractivity contribution in [1.29, 1.82) is 0 Å². The van der Waals surface area contributed by atoms with E-state index in [0.29, 0.717) is 65.9 Å². The van der Waals surface area contributed by atoms with Gasteiger partial charge in [0.1, 0.15) is 5.02 Å². The molecular weight excluding hydrogens is 568 g/mol. The lowest BCUT2D eigenvalue weighted by molar-refractivity contribution is -0.125. The summed E-state index contributed by atoms with van der Waals surface area (Å²) in [5, 5.41) is 9.99. The van der Waals surface area contributed by atoms with Gasteiger partial charge in [0.15, 0.2) is 12.4 Å². The summed E-state index contributed by atoms with van der Waals surface area (Å²) >= 11 is 6.50. The maximum Gasteiger partial charge on any atom is 0.301 e. The molecule has 1 aliphatic carbocycles. The number of amides is 1. The fraction of sp³-hybridized carbons (Fsp3) is 0.517. The number of benzene rings is 1. The molecule has 224 valence electrons. The van der Waals surface area contributed by atoms with Crippen LogP contribution in [0, 0.1) is 17.8 Å². The number of aromatic nitrogens is 3. The van der Waals surface area contributed by atoms with Crippen molar-refractivity contribution >= 4 is 51.6 Å². The molecule has 2 aromatic heterocycles. The maximum atomic E-state index is 15.0. The number of hydrogen-bond acceptors (Lipinski definition) is 8. The molecule has 0 spiro atoms. The molecule has 42 heavy (non-hydrogen) atoms. The van der Waals surface area contributed by atoms with Crippen molar-refractivity contribution in [3.63, 3.8) is 0 Å². The zero-order chi connectivity index (χ0) is 29.8. The van der Waals surface area contributed by atoms with Crippen LogP contribution in [0.2, 0.25) is 5.02 Å². The zero-order valence-corrected chi connectivity index (χ0v) is 24.5. The number of nitrogens with zero attached hydrogens (tertiary/aromatic N) is 4. The highest BCUT2D eigenvalue weighted by atomic mass is 35.5. The maximum absolute atomic E-state index is 15.0. The van der Waals surface area contributed by atoms with E-state index >= 15 is 0 Å². The Balaban J connectivity index is 1.33. The zero-order valence-electron chi connectivity index (χ0n) is 23.7. The summed E-state index contributed by atoms with van der Waals surface area (Å²) in [5.74, 6) is -2.50. The summed E-state index contributed by atoms with van der Waals surface area (Å²) in [5.41, 5.74) is 0.929. The molecule has 1 saturated carbocycles. The number of alkyl halides is 2. The van der Waals surface area contributed by atoms with Crippen LogP contribution in [0.25, 0.3) is 10.9 Å². The number of aryl methyl sites for hydroxylation is 1. The molecule has 1 aromatic carbocycles. The number of ether oxygens (including phenoxy) is 1. The van der Waals surface area contributed by atoms with Crippen molar-refractivity contribution in [2.75, 3.05) is 41.8 Å². The van der Waals surface area contributed by atoms with E-state index in [4.69, 9.17) is 16.3 Å². The Hall–Kier alpha value is -3.67. The first-order chi connectivity index (χ1) is 20.1. The lowest BCUT2D eigenvalue weighted by Gasteiger charge is -2.35. The van der Waals surface area contributed by atoms with Crippen LogP contribution in [0.4, 0.5) is 31.9 Å². The van der Waals surface area contributed by atoms with Crippen LogP contribution in [0.5, 0.6) is 5.75 Å². The van der Waals surface area contributed by atoms with Crippen molar-refractivity contribution in [2.45, 2.75) is 45.1 Å². The summed E-state index contributed by atoms with van der Waals surface area (Å²) in [6.07, 6.45) is 3.70. The molecule has 0 bridgehead atoms. The number of piperidine rings is 1. The topological polar surface area (TPSA) is 113 Å². The SMILES string of the molecule is CCNC(=O)[C@H]1C[C@@H](C)CN(c2ncc(Cl)c(Nc3ccc4c(c3)c3c(c(=O)n4C)OCC(F)(F)[C@H](C4CC4)N3)n2)C1. The van der Waals surface area contributed by atoms with Crippen molar-refractivity contribution in [1.82, 2.24) is 19.9 Å². The molecule has 3 aliphatic rings. The minimum Gasteiger partial charge on any atom is -0.480 e. The van der Waals surface area contributed by atoms with E-state index in [-0.39, 0.29) is 35.1 Å². The Labute approximate surface area is 246 Å². The van der Waals surface area contributed by atoms with Crippen molar-refractivity contribution in [3.05, 3.63) is 39.8 Å². The van der Waals surface area contributed by atoms with E-state index in [9.17, 15) is 18.4 Å². The van der Waals surface area contributed by atoms with Gasteiger partial charge in [-0.3, -0.25) is 9.59 Å². The fourth-order valence-corrected chi connectivity index (χ4v) is 6.18. The summed E-state index contributed by atoms with van der Waals surface area (Å²) in [7, 11) is 1.59. The normalized spacial score (nSPS) is 23.4. The van der Waals surface area contributed by atoms with Crippen LogP contribution in [0.1, 0.15) is 33.1 Å². The van der Waals surface area contributed by atoms with Gasteiger partial charge in [0, 0.05) is 37.8 Å². The van der Waals surface area contributed by atoms with Gasteiger partial charge in [0.25, 0.3) is 5.56 Å². The molecule has 4 heterocycles. The van der Waals surface area contributed by atoms with Gasteiger partial charge in [-0.1, -0.05) is 18.5 Å². The molecular formula is C29H34ClF2N7O3. The second-order valence-electron chi connectivity index (χ2n) is 11.6. The number of rotatable bonds is 6. The molecule has 2 fully saturated rings. The average Bonchev–Trinajstić information content (AvgIpc) is 3.80. The average molecular weight is 602 g/mol. The Kier molecular flexibility index (Phi) is 7.36. The third-order valence-electron chi connectivity index (χ3n) is 8.27. The fourth-order valence-electron chi connectivity index (χ4n) is 6.04. The first-order valence-electron chi connectivity index (χ1n) is 14.3. The number of nitrogens with one attached hydrogen (secondary N) is 3. The first-order valence-corrected chi connectivity index (χ1v) is 14.7. The number of fused-ring (bicyclic) bond motifs is 3. The van der Waals surface area contributed by atoms with E-state index in [1.54, 1.807) is 25.2 Å². The molecule has 10 nitrogen and oxygen atoms in total. The highest BCUT2D eigenvalue weighted by Gasteiger charge is 2.51. The number of carbonyl (C=O) groups is 1. The standard InChI is InChI=1S/C29H34ClF2N7O3/c1-4-33-26(40)17-9-15(2)12-39(13-17)28-34-11-20(30)25(37-28)35-18-7-8-21-19(10-18)22-23(27(41)38(21)3)42-14-29(31,32)24(36-22)16-5-6-16/h7-8,10-11,15-17,24,36H,4-6,9,12-14H2,1-3H3,(H,33,40)(H,34,35,37)/t15-,17+,24+/m1/s1. The van der Waals surface area contributed by atoms with E-state index in [0.717, 1.165) is 6.42 Å². The van der Waals surface area contributed by atoms with Crippen molar-refractivity contribution < 1.29 is 18.3 Å². The molecule has 6 rings (SSSR count). The van der Waals surface area contributed by atoms with Gasteiger partial charge in [-0.25, -0.2) is 13.8 Å². The van der Waals surface area contributed by atoms with Gasteiger partial charge in [0.05, 0.1) is 29.4 Å². The predicted molar refractivity (Wildman–Crippen MR) is 158 cm³/mol. The monoisotopic (exact) mass is 601 g/mol. The number of pyridine rings is 1. The first kappa shape index (κ1) is 28.4. The quantitative estimate of drug-likeness (QED) is 0.377. The van der Waals surface area contributed by atoms with Crippen molar-refractivity contribution in [3.8, 4) is 5.75 Å². The minimum atomic E-state index is -3.12. The number of hydrogen-bond donors (Lipinski definition) is 3. The molecule has 0 radical (unpaired) electrons. The van der Waals surface area contributed by atoms with Crippen LogP contribution in [0.15, 0.2) is 29.2 Å². The van der Waals surface area contributed by atoms with E-state index in [1.807, 2.05) is 11.8 Å². The Morgan fingerprint density at radius 3 is 2.81 bits per heavy atom. The van der Waals surface area contributed by atoms with Gasteiger partial charge in [-0.05, 0) is 56.2 Å². The van der Waals surface area contributed by atoms with E-state index in [2.05, 4.69) is 32.8 Å². The lowest BCUT2D eigenvalue weighted by Crippen LogP contribution is -2.46. The molecule has 1 saturated heterocycles. The molecule has 3 aromatic rings. The molecule has 3 atom stereocenters. The molecule has 1 amide bonds. The summed E-state index contributed by atoms with van der Waals surface area (Å²) in [4.78, 5) is 36.8. The van der Waals surface area contributed by atoms with E-state index < -0.39 is 24.1 Å². The minimum absolute atomic E-state index is 0.0188. The van der Waals surface area contributed by atoms with Gasteiger partial charge in [-0.2, -0.15) is 4.98 Å². The largest absolute Gasteiger partial charge is 0.480 e. The van der Waals surface area contributed by atoms with Gasteiger partial charge >= 0.3 is 5.92 Å². The van der Waals surface area contributed by atoms with Gasteiger partial charge in [0.2, 0.25) is 17.6 Å². The number of carbonyl (C=O) groups excluding carboxylic acids is 1. The molecule has 3 N–H and O–H groups in total. The summed E-state index contributed by atoms with van der Waals surface area (Å²) in [6, 6.07) is 4.16. The van der Waals surface area contributed by atoms with E-state index in [1.165, 1.54) is 10.8 Å². The van der Waals surface area contributed by atoms with Crippen LogP contribution in [-0.2, 0) is 11.8 Å². The Bertz CT molecular complexity index is 1600. The van der Waals surface area contributed by atoms with Crippen molar-refractivity contribution in [2.24, 2.45) is 24.8 Å². The number of halogens is 3. The van der Waals surface area contributed by atoms with Gasteiger partial charge < -0.3 is 30.2 Å². The Morgan fingerprint density at radius 1 is 1.29 bits per heavy atom. The molecule has 2 aliphatic heterocycles. The molecule has 13 heteroatoms. The third kappa shape index (κ3) is 5.32. The van der Waals surface area contributed by atoms with Crippen LogP contribution in [0.3, 0.4) is 0 Å². The van der Waals surface area contributed by atoms with Crippen LogP contribution >= 0.6 is 11.6 Å². The lowest BCUT2D eigenvalue weighted by atomic mass is 9.90. The molecule has 0 unspecified atom stereocenters. The predicted octanol–water partition coefficient (Wildman–Crippen LogP) is 4.54. The highest BCUT2D eigenvalue weighted by Crippen LogP contribution is 2.45. The summed E-state index contributed by atoms with van der Waals surface area (Å²) in [6.45, 7) is 4.90. The number of anilines is 4. The van der Waals surface area contributed by atoms with Crippen LogP contribution < -0.4 is 31.1 Å². The second-order valence-corrected chi connectivity index (χ2v) is 12.0. The second kappa shape index (κ2) is 10.9. The summed E-state index contributed by atoms with van der Waals surface area (Å²) < 4.78 is 36.8. The third-order valence-corrected chi connectivity index (χ3v) is 8.55. The van der Waals surface area contributed by atoms with Gasteiger partial charge in [-0.15, -0.1) is 0 Å². The van der Waals surface area contributed by atoms with Crippen LogP contribution in [-0.4, -0.2) is 58.6 Å².